The van der Waals surface area contributed by atoms with Gasteiger partial charge in [-0.25, -0.2) is 0 Å². The number of aliphatic hydroxyl groups is 1. The van der Waals surface area contributed by atoms with Crippen LogP contribution in [0.3, 0.4) is 0 Å². The van der Waals surface area contributed by atoms with Gasteiger partial charge in [0.05, 0.1) is 6.10 Å². The Morgan fingerprint density at radius 3 is 1.77 bits per heavy atom. The van der Waals surface area contributed by atoms with Gasteiger partial charge in [-0.05, 0) is 25.3 Å². The molecule has 0 aliphatic heterocycles. The standard InChI is InChI=1S/C27H31O3P/c1-21-15-17-22(18-16-21)27(19-9-10-20-27)25(28)26(30-2)31(29,23-11-5-3-6-12-23)24-13-7-4-8-14-24/h3-8,11-18,25-26,28H,9-10,19-20H2,1-2H3. The second kappa shape index (κ2) is 9.12. The zero-order chi connectivity index (χ0) is 21.9. The molecule has 2 unspecified atom stereocenters. The van der Waals surface area contributed by atoms with E-state index >= 15 is 0 Å². The minimum absolute atomic E-state index is 0.465. The SMILES string of the molecule is COC(C(O)C1(c2ccc(C)cc2)CCCC1)P(=O)(c1ccccc1)c1ccccc1. The average molecular weight is 435 g/mol. The first-order valence-electron chi connectivity index (χ1n) is 11.0. The van der Waals surface area contributed by atoms with E-state index in [0.717, 1.165) is 31.2 Å². The minimum atomic E-state index is -3.29. The van der Waals surface area contributed by atoms with Crippen molar-refractivity contribution in [2.24, 2.45) is 0 Å². The third-order valence-electron chi connectivity index (χ3n) is 6.84. The summed E-state index contributed by atoms with van der Waals surface area (Å²) in [6.07, 6.45) is 2.92. The van der Waals surface area contributed by atoms with E-state index in [1.165, 1.54) is 5.56 Å². The molecule has 3 nitrogen and oxygen atoms in total. The first-order valence-corrected chi connectivity index (χ1v) is 12.8. The predicted molar refractivity (Wildman–Crippen MR) is 128 cm³/mol. The van der Waals surface area contributed by atoms with Crippen LogP contribution >= 0.6 is 7.14 Å². The van der Waals surface area contributed by atoms with Gasteiger partial charge in [-0.1, -0.05) is 103 Å². The van der Waals surface area contributed by atoms with Crippen molar-refractivity contribution in [1.29, 1.82) is 0 Å². The molecule has 0 aromatic heterocycles. The van der Waals surface area contributed by atoms with Crippen molar-refractivity contribution in [2.75, 3.05) is 7.11 Å². The van der Waals surface area contributed by atoms with E-state index in [1.807, 2.05) is 60.7 Å². The van der Waals surface area contributed by atoms with Gasteiger partial charge >= 0.3 is 0 Å². The molecule has 162 valence electrons. The topological polar surface area (TPSA) is 46.5 Å². The van der Waals surface area contributed by atoms with Crippen molar-refractivity contribution in [3.05, 3.63) is 96.1 Å². The number of hydrogen-bond acceptors (Lipinski definition) is 3. The van der Waals surface area contributed by atoms with Crippen LogP contribution < -0.4 is 10.6 Å². The Kier molecular flexibility index (Phi) is 6.48. The molecule has 31 heavy (non-hydrogen) atoms. The summed E-state index contributed by atoms with van der Waals surface area (Å²) in [6.45, 7) is 2.07. The van der Waals surface area contributed by atoms with Crippen LogP contribution in [0.15, 0.2) is 84.9 Å². The summed E-state index contributed by atoms with van der Waals surface area (Å²) in [6, 6.07) is 27.4. The largest absolute Gasteiger partial charge is 0.389 e. The van der Waals surface area contributed by atoms with Gasteiger partial charge in [0.2, 0.25) is 0 Å². The molecule has 1 fully saturated rings. The lowest BCUT2D eigenvalue weighted by molar-refractivity contribution is -0.0135. The Labute approximate surface area is 185 Å². The maximum atomic E-state index is 14.9. The fourth-order valence-electron chi connectivity index (χ4n) is 5.14. The summed E-state index contributed by atoms with van der Waals surface area (Å²) >= 11 is 0. The van der Waals surface area contributed by atoms with Crippen LogP contribution in [-0.2, 0) is 14.7 Å². The molecule has 0 bridgehead atoms. The quantitative estimate of drug-likeness (QED) is 0.523. The zero-order valence-electron chi connectivity index (χ0n) is 18.3. The Hall–Kier alpha value is -2.19. The third-order valence-corrected chi connectivity index (χ3v) is 10.2. The summed E-state index contributed by atoms with van der Waals surface area (Å²) in [5.41, 5.74) is 1.83. The normalized spacial score (nSPS) is 17.9. The molecule has 4 heteroatoms. The van der Waals surface area contributed by atoms with E-state index in [-0.39, 0.29) is 0 Å². The average Bonchev–Trinajstić information content (AvgIpc) is 3.32. The van der Waals surface area contributed by atoms with Gasteiger partial charge in [0.1, 0.15) is 5.85 Å². The highest BCUT2D eigenvalue weighted by atomic mass is 31.2. The molecule has 0 spiro atoms. The van der Waals surface area contributed by atoms with Crippen molar-refractivity contribution in [3.8, 4) is 0 Å². The lowest BCUT2D eigenvalue weighted by Crippen LogP contribution is -2.48. The summed E-state index contributed by atoms with van der Waals surface area (Å²) in [7, 11) is -1.71. The summed E-state index contributed by atoms with van der Waals surface area (Å²) < 4.78 is 20.8. The number of aryl methyl sites for hydroxylation is 1. The van der Waals surface area contributed by atoms with Crippen LogP contribution in [-0.4, -0.2) is 24.2 Å². The van der Waals surface area contributed by atoms with E-state index in [4.69, 9.17) is 4.74 Å². The van der Waals surface area contributed by atoms with Gasteiger partial charge in [-0.15, -0.1) is 0 Å². The molecule has 0 amide bonds. The molecule has 0 radical (unpaired) electrons. The second-order valence-electron chi connectivity index (χ2n) is 8.63. The Balaban J connectivity index is 1.86. The van der Waals surface area contributed by atoms with Gasteiger partial charge in [0.25, 0.3) is 0 Å². The molecule has 0 saturated heterocycles. The van der Waals surface area contributed by atoms with Gasteiger partial charge < -0.3 is 14.4 Å². The van der Waals surface area contributed by atoms with E-state index in [0.29, 0.717) is 10.6 Å². The van der Waals surface area contributed by atoms with Crippen molar-refractivity contribution in [2.45, 2.75) is 50.0 Å². The first-order chi connectivity index (χ1) is 15.0. The van der Waals surface area contributed by atoms with Crippen LogP contribution in [0.1, 0.15) is 36.8 Å². The molecule has 4 rings (SSSR count). The predicted octanol–water partition coefficient (Wildman–Crippen LogP) is 5.15. The maximum Gasteiger partial charge on any atom is 0.173 e. The monoisotopic (exact) mass is 434 g/mol. The van der Waals surface area contributed by atoms with Crippen molar-refractivity contribution in [1.82, 2.24) is 0 Å². The highest BCUT2D eigenvalue weighted by Gasteiger charge is 2.52. The van der Waals surface area contributed by atoms with Crippen LogP contribution in [0.25, 0.3) is 0 Å². The third kappa shape index (κ3) is 3.91. The molecule has 1 aliphatic carbocycles. The van der Waals surface area contributed by atoms with E-state index in [2.05, 4.69) is 31.2 Å². The molecule has 1 N–H and O–H groups in total. The first kappa shape index (κ1) is 22.0. The maximum absolute atomic E-state index is 14.9. The van der Waals surface area contributed by atoms with Gasteiger partial charge in [0, 0.05) is 23.1 Å². The van der Waals surface area contributed by atoms with Crippen LogP contribution in [0.2, 0.25) is 0 Å². The number of ether oxygens (including phenoxy) is 1. The second-order valence-corrected chi connectivity index (χ2v) is 11.5. The summed E-state index contributed by atoms with van der Waals surface area (Å²) in [4.78, 5) is 0. The summed E-state index contributed by atoms with van der Waals surface area (Å²) in [5.74, 6) is -0.836. The van der Waals surface area contributed by atoms with Crippen LogP contribution in [0.4, 0.5) is 0 Å². The Bertz CT molecular complexity index is 982. The van der Waals surface area contributed by atoms with Gasteiger partial charge in [0.15, 0.2) is 7.14 Å². The highest BCUT2D eigenvalue weighted by molar-refractivity contribution is 7.79. The minimum Gasteiger partial charge on any atom is -0.389 e. The smallest absolute Gasteiger partial charge is 0.173 e. The van der Waals surface area contributed by atoms with Crippen LogP contribution in [0, 0.1) is 6.92 Å². The molecular weight excluding hydrogens is 403 g/mol. The number of benzene rings is 3. The lowest BCUT2D eigenvalue weighted by Gasteiger charge is -2.41. The van der Waals surface area contributed by atoms with Crippen molar-refractivity contribution >= 4 is 17.8 Å². The summed E-state index contributed by atoms with van der Waals surface area (Å²) in [5, 5.41) is 13.4. The lowest BCUT2D eigenvalue weighted by atomic mass is 9.74. The molecule has 0 heterocycles. The molecule has 3 aromatic carbocycles. The van der Waals surface area contributed by atoms with E-state index in [9.17, 15) is 9.67 Å². The highest BCUT2D eigenvalue weighted by Crippen LogP contribution is 2.56. The number of aliphatic hydroxyl groups excluding tert-OH is 1. The molecule has 3 aromatic rings. The Morgan fingerprint density at radius 1 is 0.839 bits per heavy atom. The van der Waals surface area contributed by atoms with Gasteiger partial charge in [-0.2, -0.15) is 0 Å². The number of rotatable bonds is 7. The van der Waals surface area contributed by atoms with E-state index < -0.39 is 24.5 Å². The number of methoxy groups -OCH3 is 1. The fraction of sp³-hybridized carbons (Fsp3) is 0.333. The molecule has 2 atom stereocenters. The molecule has 1 saturated carbocycles. The zero-order valence-corrected chi connectivity index (χ0v) is 19.2. The van der Waals surface area contributed by atoms with Crippen LogP contribution in [0.5, 0.6) is 0 Å². The molecule has 1 aliphatic rings. The van der Waals surface area contributed by atoms with Crippen molar-refractivity contribution < 1.29 is 14.4 Å². The Morgan fingerprint density at radius 2 is 1.32 bits per heavy atom. The van der Waals surface area contributed by atoms with E-state index in [1.54, 1.807) is 7.11 Å². The number of hydrogen-bond donors (Lipinski definition) is 1. The van der Waals surface area contributed by atoms with Gasteiger partial charge in [-0.3, -0.25) is 0 Å². The fourth-order valence-corrected chi connectivity index (χ4v) is 8.23. The molecular formula is C27H31O3P. The van der Waals surface area contributed by atoms with Crippen molar-refractivity contribution in [3.63, 3.8) is 0 Å².